The van der Waals surface area contributed by atoms with Crippen molar-refractivity contribution >= 4 is 0 Å². The van der Waals surface area contributed by atoms with Crippen LogP contribution >= 0.6 is 0 Å². The molecule has 1 nitrogen and oxygen atoms in total. The van der Waals surface area contributed by atoms with Crippen molar-refractivity contribution in [2.75, 3.05) is 7.05 Å². The summed E-state index contributed by atoms with van der Waals surface area (Å²) in [6, 6.07) is 0.795. The minimum Gasteiger partial charge on any atom is -0.317 e. The molecule has 1 N–H and O–H groups in total. The first-order chi connectivity index (χ1) is 5.25. The minimum atomic E-state index is 0.795. The average Bonchev–Trinajstić information content (AvgIpc) is 2.04. The summed E-state index contributed by atoms with van der Waals surface area (Å²) in [6.45, 7) is 4.70. The Morgan fingerprint density at radius 2 is 1.82 bits per heavy atom. The van der Waals surface area contributed by atoms with Crippen molar-refractivity contribution in [1.29, 1.82) is 0 Å². The molecule has 0 aromatic rings. The first-order valence-electron chi connectivity index (χ1n) is 4.93. The zero-order chi connectivity index (χ0) is 8.27. The Bertz CT molecular complexity index is 109. The van der Waals surface area contributed by atoms with E-state index in [2.05, 4.69) is 26.2 Å². The van der Waals surface area contributed by atoms with Crippen LogP contribution in [0.3, 0.4) is 0 Å². The van der Waals surface area contributed by atoms with Crippen molar-refractivity contribution in [1.82, 2.24) is 5.32 Å². The highest BCUT2D eigenvalue weighted by Gasteiger charge is 2.25. The molecule has 11 heavy (non-hydrogen) atoms. The monoisotopic (exact) mass is 155 g/mol. The van der Waals surface area contributed by atoms with Crippen molar-refractivity contribution in [2.24, 2.45) is 11.8 Å². The second-order valence-electron chi connectivity index (χ2n) is 4.09. The van der Waals surface area contributed by atoms with E-state index < -0.39 is 0 Å². The standard InChI is InChI=1S/C10H21N/c1-8(2)9-6-4-5-7-10(9)11-3/h8-11H,4-7H2,1-3H3/t9-,10+/m0/s1. The Balaban J connectivity index is 2.44. The molecule has 2 atom stereocenters. The van der Waals surface area contributed by atoms with Gasteiger partial charge in [0.2, 0.25) is 0 Å². The molecule has 1 aliphatic rings. The molecule has 1 heteroatoms. The molecule has 0 saturated heterocycles. The molecule has 0 heterocycles. The molecule has 0 aromatic carbocycles. The molecule has 1 fully saturated rings. The van der Waals surface area contributed by atoms with Crippen molar-refractivity contribution in [3.05, 3.63) is 0 Å². The zero-order valence-electron chi connectivity index (χ0n) is 8.06. The van der Waals surface area contributed by atoms with Gasteiger partial charge in [0.15, 0.2) is 0 Å². The summed E-state index contributed by atoms with van der Waals surface area (Å²) in [4.78, 5) is 0. The number of hydrogen-bond acceptors (Lipinski definition) is 1. The first kappa shape index (κ1) is 9.05. The highest BCUT2D eigenvalue weighted by Crippen LogP contribution is 2.29. The maximum Gasteiger partial charge on any atom is 0.00947 e. The molecule has 1 rings (SSSR count). The quantitative estimate of drug-likeness (QED) is 0.645. The van der Waals surface area contributed by atoms with Crippen molar-refractivity contribution in [2.45, 2.75) is 45.6 Å². The van der Waals surface area contributed by atoms with Crippen LogP contribution < -0.4 is 5.32 Å². The van der Waals surface area contributed by atoms with Crippen molar-refractivity contribution in [3.8, 4) is 0 Å². The predicted molar refractivity (Wildman–Crippen MR) is 49.6 cm³/mol. The van der Waals surface area contributed by atoms with Crippen LogP contribution in [0.5, 0.6) is 0 Å². The van der Waals surface area contributed by atoms with E-state index in [9.17, 15) is 0 Å². The number of nitrogens with one attached hydrogen (secondary N) is 1. The van der Waals surface area contributed by atoms with Crippen LogP contribution in [0, 0.1) is 11.8 Å². The highest BCUT2D eigenvalue weighted by molar-refractivity contribution is 4.81. The Hall–Kier alpha value is -0.0400. The van der Waals surface area contributed by atoms with Gasteiger partial charge in [0.1, 0.15) is 0 Å². The van der Waals surface area contributed by atoms with Crippen molar-refractivity contribution < 1.29 is 0 Å². The van der Waals surface area contributed by atoms with Crippen LogP contribution in [0.2, 0.25) is 0 Å². The van der Waals surface area contributed by atoms with Crippen LogP contribution in [-0.4, -0.2) is 13.1 Å². The Kier molecular flexibility index (Phi) is 3.38. The fraction of sp³-hybridized carbons (Fsp3) is 1.00. The van der Waals surface area contributed by atoms with Gasteiger partial charge in [-0.1, -0.05) is 26.7 Å². The fourth-order valence-corrected chi connectivity index (χ4v) is 2.32. The topological polar surface area (TPSA) is 12.0 Å². The summed E-state index contributed by atoms with van der Waals surface area (Å²) >= 11 is 0. The third kappa shape index (κ3) is 2.19. The lowest BCUT2D eigenvalue weighted by molar-refractivity contribution is 0.214. The largest absolute Gasteiger partial charge is 0.317 e. The normalized spacial score (nSPS) is 32.7. The van der Waals surface area contributed by atoms with Gasteiger partial charge in [-0.05, 0) is 31.7 Å². The van der Waals surface area contributed by atoms with Crippen LogP contribution in [0.15, 0.2) is 0 Å². The van der Waals surface area contributed by atoms with Crippen LogP contribution in [0.4, 0.5) is 0 Å². The molecular weight excluding hydrogens is 134 g/mol. The molecule has 0 unspecified atom stereocenters. The van der Waals surface area contributed by atoms with Gasteiger partial charge in [0, 0.05) is 6.04 Å². The van der Waals surface area contributed by atoms with Gasteiger partial charge in [-0.15, -0.1) is 0 Å². The van der Waals surface area contributed by atoms with E-state index in [1.807, 2.05) is 0 Å². The Labute approximate surface area is 70.6 Å². The highest BCUT2D eigenvalue weighted by atomic mass is 14.9. The van der Waals surface area contributed by atoms with Gasteiger partial charge >= 0.3 is 0 Å². The molecule has 1 saturated carbocycles. The molecule has 0 amide bonds. The maximum atomic E-state index is 3.44. The smallest absolute Gasteiger partial charge is 0.00947 e. The Morgan fingerprint density at radius 1 is 1.18 bits per heavy atom. The SMILES string of the molecule is CN[C@@H]1CCCC[C@H]1C(C)C. The van der Waals surface area contributed by atoms with E-state index in [0.717, 1.165) is 17.9 Å². The van der Waals surface area contributed by atoms with E-state index >= 15 is 0 Å². The third-order valence-electron chi connectivity index (χ3n) is 3.05. The van der Waals surface area contributed by atoms with Gasteiger partial charge in [0.05, 0.1) is 0 Å². The summed E-state index contributed by atoms with van der Waals surface area (Å²) in [5, 5.41) is 3.44. The van der Waals surface area contributed by atoms with Crippen LogP contribution in [0.1, 0.15) is 39.5 Å². The molecule has 0 bridgehead atoms. The van der Waals surface area contributed by atoms with E-state index in [-0.39, 0.29) is 0 Å². The van der Waals surface area contributed by atoms with Gasteiger partial charge in [-0.2, -0.15) is 0 Å². The van der Waals surface area contributed by atoms with Gasteiger partial charge < -0.3 is 5.32 Å². The molecule has 1 aliphatic carbocycles. The average molecular weight is 155 g/mol. The lowest BCUT2D eigenvalue weighted by atomic mass is 9.78. The summed E-state index contributed by atoms with van der Waals surface area (Å²) in [5.74, 6) is 1.78. The summed E-state index contributed by atoms with van der Waals surface area (Å²) in [7, 11) is 2.10. The molecule has 0 aliphatic heterocycles. The van der Waals surface area contributed by atoms with Gasteiger partial charge in [-0.3, -0.25) is 0 Å². The van der Waals surface area contributed by atoms with E-state index in [0.29, 0.717) is 0 Å². The van der Waals surface area contributed by atoms with Crippen LogP contribution in [0.25, 0.3) is 0 Å². The predicted octanol–water partition coefficient (Wildman–Crippen LogP) is 2.42. The number of hydrogen-bond donors (Lipinski definition) is 1. The van der Waals surface area contributed by atoms with E-state index in [4.69, 9.17) is 0 Å². The fourth-order valence-electron chi connectivity index (χ4n) is 2.32. The molecular formula is C10H21N. The molecule has 0 spiro atoms. The van der Waals surface area contributed by atoms with E-state index in [1.54, 1.807) is 0 Å². The third-order valence-corrected chi connectivity index (χ3v) is 3.05. The lowest BCUT2D eigenvalue weighted by Gasteiger charge is -2.34. The molecule has 66 valence electrons. The van der Waals surface area contributed by atoms with Gasteiger partial charge in [-0.25, -0.2) is 0 Å². The first-order valence-corrected chi connectivity index (χ1v) is 4.93. The lowest BCUT2D eigenvalue weighted by Crippen LogP contribution is -2.38. The second-order valence-corrected chi connectivity index (χ2v) is 4.09. The Morgan fingerprint density at radius 3 is 2.27 bits per heavy atom. The maximum absolute atomic E-state index is 3.44. The number of rotatable bonds is 2. The second kappa shape index (κ2) is 4.10. The summed E-state index contributed by atoms with van der Waals surface area (Å²) < 4.78 is 0. The molecule has 0 radical (unpaired) electrons. The van der Waals surface area contributed by atoms with Crippen molar-refractivity contribution in [3.63, 3.8) is 0 Å². The van der Waals surface area contributed by atoms with Gasteiger partial charge in [0.25, 0.3) is 0 Å². The van der Waals surface area contributed by atoms with Crippen LogP contribution in [-0.2, 0) is 0 Å². The zero-order valence-corrected chi connectivity index (χ0v) is 8.06. The summed E-state index contributed by atoms with van der Waals surface area (Å²) in [5.41, 5.74) is 0. The van der Waals surface area contributed by atoms with E-state index in [1.165, 1.54) is 25.7 Å². The molecule has 0 aromatic heterocycles. The minimum absolute atomic E-state index is 0.795. The summed E-state index contributed by atoms with van der Waals surface area (Å²) in [6.07, 6.45) is 5.69.